The summed E-state index contributed by atoms with van der Waals surface area (Å²) in [5.41, 5.74) is 2.65. The first-order chi connectivity index (χ1) is 10.2. The van der Waals surface area contributed by atoms with E-state index in [9.17, 15) is 9.90 Å². The number of ether oxygens (including phenoxy) is 2. The van der Waals surface area contributed by atoms with Crippen molar-refractivity contribution in [1.82, 2.24) is 0 Å². The summed E-state index contributed by atoms with van der Waals surface area (Å²) in [4.78, 5) is 11.2. The molecule has 5 heteroatoms. The molecule has 0 saturated heterocycles. The molecule has 124 valence electrons. The van der Waals surface area contributed by atoms with Crippen LogP contribution in [0.2, 0.25) is 0 Å². The van der Waals surface area contributed by atoms with Crippen LogP contribution in [0.25, 0.3) is 0 Å². The van der Waals surface area contributed by atoms with Crippen LogP contribution in [-0.4, -0.2) is 36.4 Å². The first kappa shape index (κ1) is 18.5. The minimum absolute atomic E-state index is 0.246. The molecule has 0 aromatic heterocycles. The van der Waals surface area contributed by atoms with E-state index >= 15 is 0 Å². The van der Waals surface area contributed by atoms with Crippen LogP contribution in [0.1, 0.15) is 37.5 Å². The Morgan fingerprint density at radius 2 is 1.91 bits per heavy atom. The highest BCUT2D eigenvalue weighted by Gasteiger charge is 2.15. The number of hydrogen-bond donors (Lipinski definition) is 2. The molecule has 0 bridgehead atoms. The lowest BCUT2D eigenvalue weighted by atomic mass is 10.0. The van der Waals surface area contributed by atoms with Gasteiger partial charge in [-0.05, 0) is 57.4 Å². The van der Waals surface area contributed by atoms with Gasteiger partial charge in [-0.1, -0.05) is 0 Å². The van der Waals surface area contributed by atoms with E-state index in [0.717, 1.165) is 22.4 Å². The zero-order valence-electron chi connectivity index (χ0n) is 14.4. The molecule has 0 saturated carbocycles. The van der Waals surface area contributed by atoms with Gasteiger partial charge >= 0.3 is 5.97 Å². The van der Waals surface area contributed by atoms with Crippen LogP contribution in [-0.2, 0) is 4.79 Å². The number of esters is 1. The first-order valence-corrected chi connectivity index (χ1v) is 7.65. The van der Waals surface area contributed by atoms with E-state index < -0.39 is 6.10 Å². The van der Waals surface area contributed by atoms with Crippen molar-refractivity contribution in [2.24, 2.45) is 0 Å². The summed E-state index contributed by atoms with van der Waals surface area (Å²) in [6, 6.07) is 2.29. The monoisotopic (exact) mass is 310 g/mol. The topological polar surface area (TPSA) is 72.4 Å². The van der Waals surface area contributed by atoms with Crippen molar-refractivity contribution < 1.29 is 24.7 Å². The van der Waals surface area contributed by atoms with Crippen LogP contribution < -0.4 is 14.8 Å². The van der Waals surface area contributed by atoms with Crippen molar-refractivity contribution in [1.29, 1.82) is 0 Å². The van der Waals surface area contributed by atoms with Crippen LogP contribution in [0.3, 0.4) is 0 Å². The Bertz CT molecular complexity index is 526. The zero-order valence-corrected chi connectivity index (χ0v) is 14.4. The summed E-state index contributed by atoms with van der Waals surface area (Å²) in [6.07, 6.45) is -0.518. The van der Waals surface area contributed by atoms with Crippen LogP contribution >= 0.6 is 0 Å². The van der Waals surface area contributed by atoms with Crippen LogP contribution in [0.5, 0.6) is 11.5 Å². The fourth-order valence-corrected chi connectivity index (χ4v) is 2.16. The zero-order chi connectivity index (χ0) is 16.9. The minimum atomic E-state index is -0.518. The van der Waals surface area contributed by atoms with E-state index in [0.29, 0.717) is 18.3 Å². The summed E-state index contributed by atoms with van der Waals surface area (Å²) in [5, 5.41) is 12.0. The third-order valence-electron chi connectivity index (χ3n) is 3.54. The Morgan fingerprint density at radius 1 is 1.27 bits per heavy atom. The van der Waals surface area contributed by atoms with Gasteiger partial charge in [0.05, 0.1) is 6.04 Å². The molecule has 0 amide bonds. The summed E-state index contributed by atoms with van der Waals surface area (Å²) < 4.78 is 11.0. The van der Waals surface area contributed by atoms with Gasteiger partial charge in [-0.2, -0.15) is 0 Å². The summed E-state index contributed by atoms with van der Waals surface area (Å²) in [7, 11) is 0. The van der Waals surface area contributed by atoms with E-state index in [1.165, 1.54) is 6.92 Å². The van der Waals surface area contributed by atoms with Crippen LogP contribution in [0, 0.1) is 20.8 Å². The number of benzene rings is 1. The molecule has 0 aliphatic heterocycles. The lowest BCUT2D eigenvalue weighted by Crippen LogP contribution is -2.90. The highest BCUT2D eigenvalue weighted by molar-refractivity contribution is 5.71. The molecule has 22 heavy (non-hydrogen) atoms. The Kier molecular flexibility index (Phi) is 6.84. The number of aliphatic hydroxyl groups is 1. The van der Waals surface area contributed by atoms with Crippen LogP contribution in [0.4, 0.5) is 0 Å². The molecule has 1 rings (SSSR count). The number of hydrogen-bond acceptors (Lipinski definition) is 4. The molecule has 1 aromatic carbocycles. The molecule has 1 aromatic rings. The molecular weight excluding hydrogens is 282 g/mol. The smallest absolute Gasteiger partial charge is 0.308 e. The molecular formula is C17H28NO4+. The van der Waals surface area contributed by atoms with Crippen molar-refractivity contribution in [3.63, 3.8) is 0 Å². The number of carbonyl (C=O) groups is 1. The Labute approximate surface area is 132 Å². The van der Waals surface area contributed by atoms with E-state index in [-0.39, 0.29) is 12.6 Å². The molecule has 0 aliphatic carbocycles. The van der Waals surface area contributed by atoms with Crippen molar-refractivity contribution >= 4 is 5.97 Å². The molecule has 1 atom stereocenters. The predicted molar refractivity (Wildman–Crippen MR) is 85.4 cm³/mol. The van der Waals surface area contributed by atoms with Crippen molar-refractivity contribution in [2.75, 3.05) is 13.2 Å². The van der Waals surface area contributed by atoms with Gasteiger partial charge in [0, 0.05) is 6.92 Å². The maximum Gasteiger partial charge on any atom is 0.308 e. The highest BCUT2D eigenvalue weighted by Crippen LogP contribution is 2.33. The quantitative estimate of drug-likeness (QED) is 0.587. The average molecular weight is 310 g/mol. The number of carbonyl (C=O) groups excluding carboxylic acids is 1. The third kappa shape index (κ3) is 5.31. The molecule has 0 fully saturated rings. The third-order valence-corrected chi connectivity index (χ3v) is 3.54. The second-order valence-electron chi connectivity index (χ2n) is 6.04. The van der Waals surface area contributed by atoms with E-state index in [2.05, 4.69) is 19.2 Å². The SMILES string of the molecule is CC(=O)Oc1c(C)cc(OC[C@H](O)C[NH2+]C(C)C)c(C)c1C. The van der Waals surface area contributed by atoms with E-state index in [4.69, 9.17) is 9.47 Å². The molecule has 3 N–H and O–H groups in total. The van der Waals surface area contributed by atoms with Gasteiger partial charge in [-0.15, -0.1) is 0 Å². The number of aliphatic hydroxyl groups excluding tert-OH is 1. The fourth-order valence-electron chi connectivity index (χ4n) is 2.16. The van der Waals surface area contributed by atoms with Gasteiger partial charge in [0.15, 0.2) is 0 Å². The Hall–Kier alpha value is -1.59. The number of quaternary nitrogens is 1. The lowest BCUT2D eigenvalue weighted by molar-refractivity contribution is -0.688. The lowest BCUT2D eigenvalue weighted by Gasteiger charge is -2.18. The maximum atomic E-state index is 11.2. The second-order valence-corrected chi connectivity index (χ2v) is 6.04. The number of nitrogens with two attached hydrogens (primary N) is 1. The van der Waals surface area contributed by atoms with Gasteiger partial charge in [0.1, 0.15) is 30.8 Å². The van der Waals surface area contributed by atoms with Crippen molar-refractivity contribution in [3.8, 4) is 11.5 Å². The highest BCUT2D eigenvalue weighted by atomic mass is 16.5. The first-order valence-electron chi connectivity index (χ1n) is 7.65. The molecule has 0 radical (unpaired) electrons. The molecule has 0 heterocycles. The fraction of sp³-hybridized carbons (Fsp3) is 0.588. The van der Waals surface area contributed by atoms with Gasteiger partial charge < -0.3 is 19.9 Å². The average Bonchev–Trinajstić information content (AvgIpc) is 2.43. The molecule has 0 aliphatic rings. The van der Waals surface area contributed by atoms with Gasteiger partial charge in [-0.3, -0.25) is 4.79 Å². The van der Waals surface area contributed by atoms with E-state index in [1.807, 2.05) is 26.8 Å². The molecule has 0 spiro atoms. The van der Waals surface area contributed by atoms with E-state index in [1.54, 1.807) is 0 Å². The minimum Gasteiger partial charge on any atom is -0.490 e. The van der Waals surface area contributed by atoms with Crippen molar-refractivity contribution in [3.05, 3.63) is 22.8 Å². The molecule has 0 unspecified atom stereocenters. The number of aryl methyl sites for hydroxylation is 1. The Morgan fingerprint density at radius 3 is 2.45 bits per heavy atom. The molecule has 5 nitrogen and oxygen atoms in total. The summed E-state index contributed by atoms with van der Waals surface area (Å²) >= 11 is 0. The summed E-state index contributed by atoms with van der Waals surface area (Å²) in [6.45, 7) is 12.1. The van der Waals surface area contributed by atoms with Gasteiger partial charge in [0.25, 0.3) is 0 Å². The van der Waals surface area contributed by atoms with Gasteiger partial charge in [-0.25, -0.2) is 0 Å². The van der Waals surface area contributed by atoms with Crippen molar-refractivity contribution in [2.45, 2.75) is 53.7 Å². The predicted octanol–water partition coefficient (Wildman–Crippen LogP) is 1.25. The maximum absolute atomic E-state index is 11.2. The largest absolute Gasteiger partial charge is 0.490 e. The second kappa shape index (κ2) is 8.15. The summed E-state index contributed by atoms with van der Waals surface area (Å²) in [5.74, 6) is 0.972. The van der Waals surface area contributed by atoms with Crippen LogP contribution in [0.15, 0.2) is 6.07 Å². The standard InChI is InChI=1S/C17H27NO4/c1-10(2)18-8-15(20)9-21-16-7-11(3)17(22-14(6)19)13(5)12(16)4/h7,10,15,18,20H,8-9H2,1-6H3/p+1/t15-/m1/s1. The normalized spacial score (nSPS) is 12.4. The Balaban J connectivity index is 2.78. The number of rotatable bonds is 7. The van der Waals surface area contributed by atoms with Gasteiger partial charge in [0.2, 0.25) is 0 Å².